The van der Waals surface area contributed by atoms with Gasteiger partial charge in [0.05, 0.1) is 5.69 Å². The minimum absolute atomic E-state index is 0.812. The zero-order chi connectivity index (χ0) is 10.4. The van der Waals surface area contributed by atoms with Gasteiger partial charge < -0.3 is 9.84 Å². The lowest BCUT2D eigenvalue weighted by molar-refractivity contribution is 0.392. The smallest absolute Gasteiger partial charge is 0.138 e. The monoisotopic (exact) mass is 192 g/mol. The molecule has 1 rings (SSSR count). The van der Waals surface area contributed by atoms with Crippen LogP contribution in [-0.2, 0) is 6.54 Å². The lowest BCUT2D eigenvalue weighted by Crippen LogP contribution is -2.15. The minimum atomic E-state index is 0.812. The summed E-state index contributed by atoms with van der Waals surface area (Å²) in [4.78, 5) is 0. The van der Waals surface area contributed by atoms with Crippen molar-refractivity contribution in [3.63, 3.8) is 0 Å². The highest BCUT2D eigenvalue weighted by molar-refractivity contribution is 5.20. The van der Waals surface area contributed by atoms with Gasteiger partial charge in [-0.25, -0.2) is 0 Å². The molecular formula is C11H16N2O. The van der Waals surface area contributed by atoms with Crippen molar-refractivity contribution in [2.24, 2.45) is 0 Å². The summed E-state index contributed by atoms with van der Waals surface area (Å²) in [6, 6.07) is 0. The molecule has 0 bridgehead atoms. The van der Waals surface area contributed by atoms with Crippen molar-refractivity contribution in [2.75, 3.05) is 6.54 Å². The predicted octanol–water partition coefficient (Wildman–Crippen LogP) is 1.79. The molecule has 0 aromatic carbocycles. The van der Waals surface area contributed by atoms with Gasteiger partial charge in [-0.3, -0.25) is 0 Å². The molecule has 3 heteroatoms. The molecule has 0 aliphatic rings. The Bertz CT molecular complexity index is 324. The van der Waals surface area contributed by atoms with E-state index in [2.05, 4.69) is 22.3 Å². The van der Waals surface area contributed by atoms with Crippen LogP contribution in [0.5, 0.6) is 0 Å². The van der Waals surface area contributed by atoms with Crippen molar-refractivity contribution in [1.29, 1.82) is 0 Å². The Kier molecular flexibility index (Phi) is 4.21. The number of hydrogen-bond donors (Lipinski definition) is 1. The van der Waals surface area contributed by atoms with E-state index in [1.807, 2.05) is 20.8 Å². The number of nitrogens with one attached hydrogen (secondary N) is 1. The molecule has 1 N–H and O–H groups in total. The Morgan fingerprint density at radius 3 is 2.79 bits per heavy atom. The second kappa shape index (κ2) is 5.46. The molecular weight excluding hydrogens is 176 g/mol. The molecule has 0 saturated heterocycles. The number of nitrogens with zero attached hydrogens (tertiary/aromatic N) is 1. The summed E-state index contributed by atoms with van der Waals surface area (Å²) in [5, 5.41) is 7.19. The van der Waals surface area contributed by atoms with Crippen LogP contribution < -0.4 is 5.32 Å². The summed E-state index contributed by atoms with van der Waals surface area (Å²) in [6.45, 7) is 7.47. The molecule has 14 heavy (non-hydrogen) atoms. The van der Waals surface area contributed by atoms with Gasteiger partial charge in [0.2, 0.25) is 0 Å². The van der Waals surface area contributed by atoms with Crippen LogP contribution in [0, 0.1) is 25.7 Å². The van der Waals surface area contributed by atoms with Gasteiger partial charge in [0.1, 0.15) is 5.76 Å². The molecule has 0 aliphatic carbocycles. The maximum atomic E-state index is 5.06. The van der Waals surface area contributed by atoms with Crippen LogP contribution in [0.1, 0.15) is 30.4 Å². The Morgan fingerprint density at radius 2 is 2.21 bits per heavy atom. The van der Waals surface area contributed by atoms with Crippen molar-refractivity contribution in [2.45, 2.75) is 33.7 Å². The van der Waals surface area contributed by atoms with Crippen molar-refractivity contribution < 1.29 is 4.52 Å². The van der Waals surface area contributed by atoms with E-state index in [-0.39, 0.29) is 0 Å². The van der Waals surface area contributed by atoms with Crippen molar-refractivity contribution in [3.8, 4) is 11.8 Å². The van der Waals surface area contributed by atoms with E-state index in [0.717, 1.165) is 36.5 Å². The molecule has 76 valence electrons. The third-order valence-corrected chi connectivity index (χ3v) is 2.09. The third-order valence-electron chi connectivity index (χ3n) is 2.09. The molecule has 1 heterocycles. The summed E-state index contributed by atoms with van der Waals surface area (Å²) < 4.78 is 5.06. The molecule has 3 nitrogen and oxygen atoms in total. The summed E-state index contributed by atoms with van der Waals surface area (Å²) in [5.74, 6) is 6.77. The van der Waals surface area contributed by atoms with Crippen molar-refractivity contribution >= 4 is 0 Å². The number of aryl methyl sites for hydroxylation is 2. The van der Waals surface area contributed by atoms with Crippen molar-refractivity contribution in [1.82, 2.24) is 10.5 Å². The van der Waals surface area contributed by atoms with Crippen LogP contribution in [-0.4, -0.2) is 11.7 Å². The van der Waals surface area contributed by atoms with E-state index in [4.69, 9.17) is 4.52 Å². The van der Waals surface area contributed by atoms with Gasteiger partial charge in [0.15, 0.2) is 0 Å². The zero-order valence-corrected chi connectivity index (χ0v) is 8.98. The summed E-state index contributed by atoms with van der Waals surface area (Å²) in [5.41, 5.74) is 2.13. The van der Waals surface area contributed by atoms with Crippen LogP contribution >= 0.6 is 0 Å². The third kappa shape index (κ3) is 2.90. The highest BCUT2D eigenvalue weighted by Crippen LogP contribution is 2.11. The summed E-state index contributed by atoms with van der Waals surface area (Å²) in [7, 11) is 0. The second-order valence-corrected chi connectivity index (χ2v) is 3.16. The Labute approximate surface area is 84.9 Å². The maximum Gasteiger partial charge on any atom is 0.138 e. The maximum absolute atomic E-state index is 5.06. The highest BCUT2D eigenvalue weighted by Gasteiger charge is 2.06. The normalized spacial score (nSPS) is 9.64. The largest absolute Gasteiger partial charge is 0.361 e. The van der Waals surface area contributed by atoms with Gasteiger partial charge in [0, 0.05) is 25.1 Å². The lowest BCUT2D eigenvalue weighted by Gasteiger charge is -2.00. The van der Waals surface area contributed by atoms with Gasteiger partial charge in [-0.05, 0) is 20.8 Å². The number of rotatable bonds is 4. The highest BCUT2D eigenvalue weighted by atomic mass is 16.5. The Balaban J connectivity index is 2.33. The molecule has 0 aliphatic heterocycles. The fourth-order valence-corrected chi connectivity index (χ4v) is 1.24. The van der Waals surface area contributed by atoms with E-state index in [9.17, 15) is 0 Å². The van der Waals surface area contributed by atoms with E-state index in [0.29, 0.717) is 0 Å². The SMILES string of the molecule is CC#CCCNCc1c(C)noc1C. The quantitative estimate of drug-likeness (QED) is 0.584. The molecule has 1 aromatic rings. The molecule has 0 fully saturated rings. The molecule has 0 spiro atoms. The first kappa shape index (κ1) is 10.8. The summed E-state index contributed by atoms with van der Waals surface area (Å²) >= 11 is 0. The Hall–Kier alpha value is -1.27. The molecule has 0 unspecified atom stereocenters. The van der Waals surface area contributed by atoms with Gasteiger partial charge in [0.25, 0.3) is 0 Å². The van der Waals surface area contributed by atoms with Crippen LogP contribution in [0.3, 0.4) is 0 Å². The van der Waals surface area contributed by atoms with Crippen LogP contribution in [0.4, 0.5) is 0 Å². The van der Waals surface area contributed by atoms with Gasteiger partial charge in [-0.2, -0.15) is 0 Å². The predicted molar refractivity (Wildman–Crippen MR) is 55.8 cm³/mol. The minimum Gasteiger partial charge on any atom is -0.361 e. The first-order valence-corrected chi connectivity index (χ1v) is 4.77. The van der Waals surface area contributed by atoms with Gasteiger partial charge in [-0.1, -0.05) is 5.16 Å². The van der Waals surface area contributed by atoms with E-state index in [1.165, 1.54) is 0 Å². The molecule has 0 saturated carbocycles. The lowest BCUT2D eigenvalue weighted by atomic mass is 10.2. The average Bonchev–Trinajstić information content (AvgIpc) is 2.48. The molecule has 0 atom stereocenters. The van der Waals surface area contributed by atoms with E-state index < -0.39 is 0 Å². The van der Waals surface area contributed by atoms with Gasteiger partial charge in [-0.15, -0.1) is 11.8 Å². The van der Waals surface area contributed by atoms with E-state index in [1.54, 1.807) is 0 Å². The van der Waals surface area contributed by atoms with E-state index >= 15 is 0 Å². The first-order valence-electron chi connectivity index (χ1n) is 4.77. The standard InChI is InChI=1S/C11H16N2O/c1-4-5-6-7-12-8-11-9(2)13-14-10(11)3/h12H,6-8H2,1-3H3. The fraction of sp³-hybridized carbons (Fsp3) is 0.545. The topological polar surface area (TPSA) is 38.1 Å². The average molecular weight is 192 g/mol. The second-order valence-electron chi connectivity index (χ2n) is 3.16. The zero-order valence-electron chi connectivity index (χ0n) is 8.98. The number of hydrogen-bond acceptors (Lipinski definition) is 3. The van der Waals surface area contributed by atoms with Gasteiger partial charge >= 0.3 is 0 Å². The summed E-state index contributed by atoms with van der Waals surface area (Å²) in [6.07, 6.45) is 0.889. The molecule has 0 amide bonds. The van der Waals surface area contributed by atoms with Crippen LogP contribution in [0.15, 0.2) is 4.52 Å². The van der Waals surface area contributed by atoms with Crippen molar-refractivity contribution in [3.05, 3.63) is 17.0 Å². The molecule has 1 aromatic heterocycles. The van der Waals surface area contributed by atoms with Crippen LogP contribution in [0.2, 0.25) is 0 Å². The molecule has 0 radical (unpaired) electrons. The Morgan fingerprint density at radius 1 is 1.43 bits per heavy atom. The number of aromatic nitrogens is 1. The van der Waals surface area contributed by atoms with Crippen LogP contribution in [0.25, 0.3) is 0 Å². The fourth-order valence-electron chi connectivity index (χ4n) is 1.24. The first-order chi connectivity index (χ1) is 6.75.